The van der Waals surface area contributed by atoms with Crippen molar-refractivity contribution in [1.82, 2.24) is 0 Å². The molecule has 0 radical (unpaired) electrons. The van der Waals surface area contributed by atoms with Crippen LogP contribution in [0.15, 0.2) is 8.42 Å². The molecule has 0 aliphatic heterocycles. The lowest BCUT2D eigenvalue weighted by atomic mass is 10.2. The molecule has 2 aromatic rings. The molecule has 0 aliphatic rings. The average molecular weight is 282 g/mol. The minimum atomic E-state index is 1.45. The number of hydrogen-bond acceptors (Lipinski definition) is 3. The molecule has 0 atom stereocenters. The van der Waals surface area contributed by atoms with Crippen LogP contribution in [-0.2, 0) is 0 Å². The molecule has 0 spiro atoms. The van der Waals surface area contributed by atoms with E-state index in [4.69, 9.17) is 0 Å². The molecular weight excluding hydrogens is 264 g/mol. The van der Waals surface area contributed by atoms with Crippen LogP contribution in [0.25, 0.3) is 0 Å². The standard InChI is InChI=1S/C14H18S3/c1-7-9(3)13(15-11(7)5)17-14-10(4)8(2)12(6)16-14/h1-6H3. The Balaban J connectivity index is 2.38. The van der Waals surface area contributed by atoms with Gasteiger partial charge in [0.25, 0.3) is 0 Å². The fourth-order valence-corrected chi connectivity index (χ4v) is 6.00. The average Bonchev–Trinajstić information content (AvgIpc) is 2.66. The van der Waals surface area contributed by atoms with E-state index in [1.165, 1.54) is 40.4 Å². The highest BCUT2D eigenvalue weighted by atomic mass is 32.2. The number of aryl methyl sites for hydroxylation is 2. The normalized spacial score (nSPS) is 11.2. The summed E-state index contributed by atoms with van der Waals surface area (Å²) in [7, 11) is 0. The Labute approximate surface area is 116 Å². The van der Waals surface area contributed by atoms with E-state index in [1.54, 1.807) is 0 Å². The van der Waals surface area contributed by atoms with Crippen LogP contribution in [0.1, 0.15) is 32.0 Å². The first kappa shape index (κ1) is 13.2. The van der Waals surface area contributed by atoms with Crippen molar-refractivity contribution < 1.29 is 0 Å². The van der Waals surface area contributed by atoms with Gasteiger partial charge in [0.2, 0.25) is 0 Å². The van der Waals surface area contributed by atoms with E-state index in [0.29, 0.717) is 0 Å². The monoisotopic (exact) mass is 282 g/mol. The molecule has 0 aliphatic carbocycles. The lowest BCUT2D eigenvalue weighted by molar-refractivity contribution is 1.29. The van der Waals surface area contributed by atoms with Crippen molar-refractivity contribution in [2.75, 3.05) is 0 Å². The molecule has 3 heteroatoms. The van der Waals surface area contributed by atoms with Crippen molar-refractivity contribution in [3.05, 3.63) is 32.0 Å². The predicted octanol–water partition coefficient (Wildman–Crippen LogP) is 5.81. The smallest absolute Gasteiger partial charge is 0.0689 e. The van der Waals surface area contributed by atoms with Gasteiger partial charge in [-0.3, -0.25) is 0 Å². The Morgan fingerprint density at radius 3 is 1.18 bits per heavy atom. The zero-order chi connectivity index (χ0) is 12.7. The third-order valence-electron chi connectivity index (χ3n) is 3.47. The van der Waals surface area contributed by atoms with Crippen molar-refractivity contribution in [3.8, 4) is 0 Å². The Morgan fingerprint density at radius 2 is 0.941 bits per heavy atom. The van der Waals surface area contributed by atoms with Gasteiger partial charge >= 0.3 is 0 Å². The van der Waals surface area contributed by atoms with Gasteiger partial charge in [-0.05, 0) is 63.8 Å². The van der Waals surface area contributed by atoms with Gasteiger partial charge in [0, 0.05) is 9.75 Å². The van der Waals surface area contributed by atoms with Gasteiger partial charge in [0.15, 0.2) is 0 Å². The Bertz CT molecular complexity index is 508. The second-order valence-corrected chi connectivity index (χ2v) is 8.48. The lowest BCUT2D eigenvalue weighted by Gasteiger charge is -1.99. The van der Waals surface area contributed by atoms with Crippen LogP contribution in [0.4, 0.5) is 0 Å². The van der Waals surface area contributed by atoms with Gasteiger partial charge in [-0.15, -0.1) is 22.7 Å². The maximum Gasteiger partial charge on any atom is 0.0689 e. The summed E-state index contributed by atoms with van der Waals surface area (Å²) >= 11 is 5.81. The number of thiophene rings is 2. The summed E-state index contributed by atoms with van der Waals surface area (Å²) in [5, 5.41) is 0. The molecule has 2 heterocycles. The molecule has 92 valence electrons. The van der Waals surface area contributed by atoms with Gasteiger partial charge in [0.05, 0.1) is 8.42 Å². The van der Waals surface area contributed by atoms with E-state index in [1.807, 2.05) is 34.4 Å². The maximum absolute atomic E-state index is 2.24. The quantitative estimate of drug-likeness (QED) is 0.669. The molecule has 0 nitrogen and oxygen atoms in total. The van der Waals surface area contributed by atoms with Gasteiger partial charge in [-0.2, -0.15) is 0 Å². The van der Waals surface area contributed by atoms with E-state index < -0.39 is 0 Å². The van der Waals surface area contributed by atoms with Crippen LogP contribution in [-0.4, -0.2) is 0 Å². The summed E-state index contributed by atoms with van der Waals surface area (Å²) in [4.78, 5) is 2.90. The molecule has 0 saturated heterocycles. The SMILES string of the molecule is Cc1sc(Sc2sc(C)c(C)c2C)c(C)c1C. The number of hydrogen-bond donors (Lipinski definition) is 0. The zero-order valence-electron chi connectivity index (χ0n) is 11.2. The highest BCUT2D eigenvalue weighted by Gasteiger charge is 2.14. The first-order valence-corrected chi connectivity index (χ1v) is 8.17. The Morgan fingerprint density at radius 1 is 0.588 bits per heavy atom. The molecule has 17 heavy (non-hydrogen) atoms. The van der Waals surface area contributed by atoms with Crippen LogP contribution < -0.4 is 0 Å². The van der Waals surface area contributed by atoms with Crippen molar-refractivity contribution in [2.24, 2.45) is 0 Å². The highest BCUT2D eigenvalue weighted by molar-refractivity contribution is 8.03. The van der Waals surface area contributed by atoms with Crippen molar-refractivity contribution >= 4 is 34.4 Å². The minimum Gasteiger partial charge on any atom is -0.133 e. The molecule has 0 bridgehead atoms. The summed E-state index contributed by atoms with van der Waals surface area (Å²) in [6.07, 6.45) is 0. The van der Waals surface area contributed by atoms with E-state index in [0.717, 1.165) is 0 Å². The van der Waals surface area contributed by atoms with Gasteiger partial charge < -0.3 is 0 Å². The molecule has 2 aromatic heterocycles. The maximum atomic E-state index is 2.24. The van der Waals surface area contributed by atoms with Crippen LogP contribution >= 0.6 is 34.4 Å². The fraction of sp³-hybridized carbons (Fsp3) is 0.429. The van der Waals surface area contributed by atoms with E-state index >= 15 is 0 Å². The van der Waals surface area contributed by atoms with E-state index in [-0.39, 0.29) is 0 Å². The van der Waals surface area contributed by atoms with Crippen molar-refractivity contribution in [2.45, 2.75) is 50.0 Å². The van der Waals surface area contributed by atoms with Crippen LogP contribution in [0, 0.1) is 41.5 Å². The summed E-state index contributed by atoms with van der Waals surface area (Å²) in [5.74, 6) is 0. The summed E-state index contributed by atoms with van der Waals surface area (Å²) < 4.78 is 2.92. The molecule has 0 fully saturated rings. The molecule has 0 aromatic carbocycles. The van der Waals surface area contributed by atoms with Gasteiger partial charge in [0.1, 0.15) is 0 Å². The first-order chi connectivity index (χ1) is 7.91. The first-order valence-electron chi connectivity index (χ1n) is 5.72. The highest BCUT2D eigenvalue weighted by Crippen LogP contribution is 2.44. The fourth-order valence-electron chi connectivity index (χ4n) is 1.70. The molecular formula is C14H18S3. The van der Waals surface area contributed by atoms with Gasteiger partial charge in [-0.25, -0.2) is 0 Å². The second kappa shape index (κ2) is 4.79. The van der Waals surface area contributed by atoms with Crippen LogP contribution in [0.2, 0.25) is 0 Å². The molecule has 2 rings (SSSR count). The topological polar surface area (TPSA) is 0 Å². The van der Waals surface area contributed by atoms with Crippen LogP contribution in [0.5, 0.6) is 0 Å². The number of rotatable bonds is 2. The summed E-state index contributed by atoms with van der Waals surface area (Å²) in [5.41, 5.74) is 5.83. The summed E-state index contributed by atoms with van der Waals surface area (Å²) in [6.45, 7) is 13.4. The predicted molar refractivity (Wildman–Crippen MR) is 81.2 cm³/mol. The molecule has 0 unspecified atom stereocenters. The van der Waals surface area contributed by atoms with Crippen molar-refractivity contribution in [1.29, 1.82) is 0 Å². The molecule has 0 N–H and O–H groups in total. The van der Waals surface area contributed by atoms with Gasteiger partial charge in [-0.1, -0.05) is 11.8 Å². The Kier molecular flexibility index (Phi) is 3.71. The van der Waals surface area contributed by atoms with Crippen molar-refractivity contribution in [3.63, 3.8) is 0 Å². The zero-order valence-corrected chi connectivity index (χ0v) is 13.7. The van der Waals surface area contributed by atoms with Crippen LogP contribution in [0.3, 0.4) is 0 Å². The molecule has 0 amide bonds. The van der Waals surface area contributed by atoms with E-state index in [2.05, 4.69) is 41.5 Å². The molecule has 0 saturated carbocycles. The largest absolute Gasteiger partial charge is 0.133 e. The third-order valence-corrected chi connectivity index (χ3v) is 7.66. The minimum absolute atomic E-state index is 1.45. The lowest BCUT2D eigenvalue weighted by Crippen LogP contribution is -1.77. The third kappa shape index (κ3) is 2.33. The summed E-state index contributed by atoms with van der Waals surface area (Å²) in [6, 6.07) is 0. The second-order valence-electron chi connectivity index (χ2n) is 4.49. The Hall–Kier alpha value is -0.250. The van der Waals surface area contributed by atoms with E-state index in [9.17, 15) is 0 Å².